The molecule has 1 nitrogen and oxygen atoms in total. The Hall–Kier alpha value is -0.300. The number of aliphatic hydroxyl groups is 1. The smallest absolute Gasteiger partial charge is 0.0907 e. The summed E-state index contributed by atoms with van der Waals surface area (Å²) in [4.78, 5) is 0. The first kappa shape index (κ1) is 10.2. The minimum Gasteiger partial charge on any atom is -0.385 e. The van der Waals surface area contributed by atoms with E-state index in [4.69, 9.17) is 0 Å². The Bertz CT molecular complexity index is 246. The van der Waals surface area contributed by atoms with Gasteiger partial charge in [-0.3, -0.25) is 0 Å². The first-order valence-electron chi connectivity index (χ1n) is 5.99. The predicted molar refractivity (Wildman–Crippen MR) is 59.1 cm³/mol. The summed E-state index contributed by atoms with van der Waals surface area (Å²) < 4.78 is 0. The summed E-state index contributed by atoms with van der Waals surface area (Å²) in [7, 11) is 0. The summed E-state index contributed by atoms with van der Waals surface area (Å²) in [6.07, 6.45) is 9.31. The Labute approximate surface area is 87.2 Å². The topological polar surface area (TPSA) is 20.2 Å². The molecule has 2 fully saturated rings. The molecule has 2 atom stereocenters. The molecule has 0 aliphatic heterocycles. The highest BCUT2D eigenvalue weighted by molar-refractivity contribution is 5.22. The van der Waals surface area contributed by atoms with Gasteiger partial charge in [-0.1, -0.05) is 32.8 Å². The van der Waals surface area contributed by atoms with Crippen molar-refractivity contribution in [1.82, 2.24) is 0 Å². The third kappa shape index (κ3) is 1.33. The van der Waals surface area contributed by atoms with Crippen molar-refractivity contribution >= 4 is 0 Å². The first-order chi connectivity index (χ1) is 6.58. The molecule has 2 aliphatic carbocycles. The minimum atomic E-state index is -0.540. The van der Waals surface area contributed by atoms with Crippen molar-refractivity contribution in [2.45, 2.75) is 63.9 Å². The average Bonchev–Trinajstić information content (AvgIpc) is 2.28. The fourth-order valence-corrected chi connectivity index (χ4v) is 3.42. The molecule has 2 rings (SSSR count). The second kappa shape index (κ2) is 3.37. The van der Waals surface area contributed by atoms with E-state index in [1.54, 1.807) is 0 Å². The van der Waals surface area contributed by atoms with Crippen molar-refractivity contribution in [3.63, 3.8) is 0 Å². The monoisotopic (exact) mass is 194 g/mol. The van der Waals surface area contributed by atoms with Crippen molar-refractivity contribution in [2.24, 2.45) is 5.41 Å². The van der Waals surface area contributed by atoms with E-state index in [1.807, 2.05) is 0 Å². The number of fused-ring (bicyclic) bond motifs is 1. The molecule has 0 saturated heterocycles. The van der Waals surface area contributed by atoms with Gasteiger partial charge in [0.15, 0.2) is 0 Å². The summed E-state index contributed by atoms with van der Waals surface area (Å²) in [5, 5.41) is 10.8. The fourth-order valence-electron chi connectivity index (χ4n) is 3.42. The van der Waals surface area contributed by atoms with E-state index >= 15 is 0 Å². The van der Waals surface area contributed by atoms with Crippen molar-refractivity contribution in [1.29, 1.82) is 0 Å². The van der Waals surface area contributed by atoms with Crippen LogP contribution in [0.2, 0.25) is 0 Å². The largest absolute Gasteiger partial charge is 0.385 e. The second-order valence-corrected chi connectivity index (χ2v) is 5.44. The molecule has 14 heavy (non-hydrogen) atoms. The molecular weight excluding hydrogens is 172 g/mol. The molecule has 2 aliphatic rings. The van der Waals surface area contributed by atoms with Gasteiger partial charge in [-0.05, 0) is 37.7 Å². The van der Waals surface area contributed by atoms with Crippen LogP contribution in [0.3, 0.4) is 0 Å². The molecular formula is C13H22O. The number of rotatable bonds is 0. The maximum atomic E-state index is 10.8. The van der Waals surface area contributed by atoms with E-state index in [1.165, 1.54) is 38.5 Å². The lowest BCUT2D eigenvalue weighted by atomic mass is 9.60. The lowest BCUT2D eigenvalue weighted by Gasteiger charge is -2.49. The van der Waals surface area contributed by atoms with E-state index in [-0.39, 0.29) is 5.41 Å². The van der Waals surface area contributed by atoms with Gasteiger partial charge in [-0.2, -0.15) is 0 Å². The molecule has 2 saturated carbocycles. The third-order valence-corrected chi connectivity index (χ3v) is 4.56. The van der Waals surface area contributed by atoms with Crippen molar-refractivity contribution in [2.75, 3.05) is 0 Å². The molecule has 0 spiro atoms. The molecule has 0 unspecified atom stereocenters. The minimum absolute atomic E-state index is 0.124. The highest BCUT2D eigenvalue weighted by atomic mass is 16.3. The highest BCUT2D eigenvalue weighted by Crippen LogP contribution is 2.53. The van der Waals surface area contributed by atoms with Gasteiger partial charge in [0, 0.05) is 5.41 Å². The van der Waals surface area contributed by atoms with Crippen molar-refractivity contribution in [3.8, 4) is 0 Å². The zero-order chi connectivity index (χ0) is 10.2. The van der Waals surface area contributed by atoms with E-state index in [0.717, 1.165) is 18.4 Å². The van der Waals surface area contributed by atoms with E-state index in [2.05, 4.69) is 13.5 Å². The second-order valence-electron chi connectivity index (χ2n) is 5.44. The Kier molecular flexibility index (Phi) is 2.46. The van der Waals surface area contributed by atoms with Gasteiger partial charge in [0.1, 0.15) is 0 Å². The average molecular weight is 194 g/mol. The summed E-state index contributed by atoms with van der Waals surface area (Å²) in [5.74, 6) is 0. The standard InChI is InChI=1S/C13H22O/c1-11-7-6-9-12(2)8-4-3-5-10-13(11,12)14/h14H,1,3-10H2,2H3/t12-,13+/m1/s1. The van der Waals surface area contributed by atoms with E-state index < -0.39 is 5.60 Å². The van der Waals surface area contributed by atoms with Crippen LogP contribution in [0.15, 0.2) is 12.2 Å². The van der Waals surface area contributed by atoms with Crippen LogP contribution in [0.4, 0.5) is 0 Å². The summed E-state index contributed by atoms with van der Waals surface area (Å²) in [6.45, 7) is 6.37. The summed E-state index contributed by atoms with van der Waals surface area (Å²) in [6, 6.07) is 0. The molecule has 0 aromatic rings. The van der Waals surface area contributed by atoms with Gasteiger partial charge in [-0.25, -0.2) is 0 Å². The Balaban J connectivity index is 2.33. The van der Waals surface area contributed by atoms with Crippen molar-refractivity contribution in [3.05, 3.63) is 12.2 Å². The van der Waals surface area contributed by atoms with E-state index in [0.29, 0.717) is 0 Å². The van der Waals surface area contributed by atoms with Gasteiger partial charge in [0.2, 0.25) is 0 Å². The van der Waals surface area contributed by atoms with E-state index in [9.17, 15) is 5.11 Å². The zero-order valence-electron chi connectivity index (χ0n) is 9.31. The first-order valence-corrected chi connectivity index (χ1v) is 5.99. The lowest BCUT2D eigenvalue weighted by Crippen LogP contribution is -2.49. The lowest BCUT2D eigenvalue weighted by molar-refractivity contribution is -0.0707. The molecule has 0 aromatic carbocycles. The Morgan fingerprint density at radius 3 is 2.50 bits per heavy atom. The van der Waals surface area contributed by atoms with Crippen LogP contribution >= 0.6 is 0 Å². The SMILES string of the molecule is C=C1CCC[C@@]2(C)CCCCC[C@]12O. The Morgan fingerprint density at radius 1 is 1.07 bits per heavy atom. The van der Waals surface area contributed by atoms with Crippen LogP contribution in [-0.2, 0) is 0 Å². The summed E-state index contributed by atoms with van der Waals surface area (Å²) in [5.41, 5.74) is 0.689. The van der Waals surface area contributed by atoms with Crippen LogP contribution in [0.25, 0.3) is 0 Å². The van der Waals surface area contributed by atoms with Crippen LogP contribution in [-0.4, -0.2) is 10.7 Å². The number of hydrogen-bond acceptors (Lipinski definition) is 1. The van der Waals surface area contributed by atoms with Crippen LogP contribution < -0.4 is 0 Å². The molecule has 1 heteroatoms. The Morgan fingerprint density at radius 2 is 1.71 bits per heavy atom. The third-order valence-electron chi connectivity index (χ3n) is 4.56. The summed E-state index contributed by atoms with van der Waals surface area (Å²) >= 11 is 0. The molecule has 0 heterocycles. The zero-order valence-corrected chi connectivity index (χ0v) is 9.31. The molecule has 0 radical (unpaired) electrons. The molecule has 0 aromatic heterocycles. The molecule has 1 N–H and O–H groups in total. The maximum absolute atomic E-state index is 10.8. The van der Waals surface area contributed by atoms with Crippen LogP contribution in [0, 0.1) is 5.41 Å². The van der Waals surface area contributed by atoms with Gasteiger partial charge < -0.3 is 5.11 Å². The van der Waals surface area contributed by atoms with Crippen LogP contribution in [0.5, 0.6) is 0 Å². The van der Waals surface area contributed by atoms with Crippen molar-refractivity contribution < 1.29 is 5.11 Å². The van der Waals surface area contributed by atoms with Gasteiger partial charge in [0.25, 0.3) is 0 Å². The quantitative estimate of drug-likeness (QED) is 0.586. The van der Waals surface area contributed by atoms with Gasteiger partial charge >= 0.3 is 0 Å². The molecule has 80 valence electrons. The normalized spacial score (nSPS) is 44.3. The fraction of sp³-hybridized carbons (Fsp3) is 0.846. The highest BCUT2D eigenvalue weighted by Gasteiger charge is 2.50. The van der Waals surface area contributed by atoms with Gasteiger partial charge in [0.05, 0.1) is 5.60 Å². The molecule has 0 bridgehead atoms. The predicted octanol–water partition coefficient (Wildman–Crippen LogP) is 3.43. The molecule has 0 amide bonds. The van der Waals surface area contributed by atoms with Crippen LogP contribution in [0.1, 0.15) is 58.3 Å². The van der Waals surface area contributed by atoms with Gasteiger partial charge in [-0.15, -0.1) is 0 Å². The maximum Gasteiger partial charge on any atom is 0.0907 e. The number of hydrogen-bond donors (Lipinski definition) is 1.